The van der Waals surface area contributed by atoms with E-state index in [-0.39, 0.29) is 15.9 Å². The molecule has 1 aromatic heterocycles. The lowest BCUT2D eigenvalue weighted by Gasteiger charge is -2.37. The van der Waals surface area contributed by atoms with Gasteiger partial charge in [0, 0.05) is 25.4 Å². The van der Waals surface area contributed by atoms with Crippen molar-refractivity contribution in [2.45, 2.75) is 26.4 Å². The fourth-order valence-electron chi connectivity index (χ4n) is 2.20. The van der Waals surface area contributed by atoms with Gasteiger partial charge in [-0.25, -0.2) is 4.98 Å². The molecule has 110 valence electrons. The Morgan fingerprint density at radius 3 is 2.60 bits per heavy atom. The first-order valence-electron chi connectivity index (χ1n) is 6.64. The van der Waals surface area contributed by atoms with Crippen LogP contribution in [0.2, 0.25) is 5.28 Å². The number of piperazine rings is 1. The highest BCUT2D eigenvalue weighted by Crippen LogP contribution is 2.26. The van der Waals surface area contributed by atoms with Gasteiger partial charge < -0.3 is 10.1 Å². The summed E-state index contributed by atoms with van der Waals surface area (Å²) in [7, 11) is 0. The first-order valence-corrected chi connectivity index (χ1v) is 7.02. The van der Waals surface area contributed by atoms with Gasteiger partial charge in [-0.1, -0.05) is 0 Å². The zero-order valence-electron chi connectivity index (χ0n) is 12.0. The van der Waals surface area contributed by atoms with Crippen molar-refractivity contribution >= 4 is 23.5 Å². The summed E-state index contributed by atoms with van der Waals surface area (Å²) in [4.78, 5) is 20.8. The number of amides is 1. The van der Waals surface area contributed by atoms with Crippen LogP contribution in [0.1, 0.15) is 20.8 Å². The van der Waals surface area contributed by atoms with Crippen molar-refractivity contribution in [3.05, 3.63) is 17.5 Å². The highest BCUT2D eigenvalue weighted by molar-refractivity contribution is 6.28. The van der Waals surface area contributed by atoms with Crippen LogP contribution in [0, 0.1) is 0 Å². The predicted octanol–water partition coefficient (Wildman–Crippen LogP) is 1.98. The Hall–Kier alpha value is -1.24. The van der Waals surface area contributed by atoms with Gasteiger partial charge >= 0.3 is 6.09 Å². The molecule has 2 heterocycles. The number of aromatic nitrogens is 2. The van der Waals surface area contributed by atoms with Crippen LogP contribution in [0.4, 0.5) is 10.6 Å². The lowest BCUT2D eigenvalue weighted by Crippen LogP contribution is -2.64. The second-order valence-corrected chi connectivity index (χ2v) is 6.17. The Morgan fingerprint density at radius 1 is 1.40 bits per heavy atom. The molecule has 1 amide bonds. The molecular formula is C13H20ClN4O2+. The number of ether oxygens (including phenoxy) is 1. The van der Waals surface area contributed by atoms with E-state index in [1.54, 1.807) is 12.3 Å². The highest BCUT2D eigenvalue weighted by Gasteiger charge is 2.45. The van der Waals surface area contributed by atoms with Gasteiger partial charge in [-0.05, 0) is 32.4 Å². The van der Waals surface area contributed by atoms with Crippen molar-refractivity contribution in [1.82, 2.24) is 19.8 Å². The van der Waals surface area contributed by atoms with Crippen LogP contribution in [0.5, 0.6) is 0 Å². The fraction of sp³-hybridized carbons (Fsp3) is 0.615. The molecule has 0 saturated carbocycles. The third kappa shape index (κ3) is 3.26. The van der Waals surface area contributed by atoms with Crippen LogP contribution in [0.25, 0.3) is 0 Å². The summed E-state index contributed by atoms with van der Waals surface area (Å²) in [6.07, 6.45) is 1.27. The average molecular weight is 300 g/mol. The molecular weight excluding hydrogens is 280 g/mol. The summed E-state index contributed by atoms with van der Waals surface area (Å²) in [5, 5.41) is 3.38. The first-order chi connectivity index (χ1) is 9.33. The Bertz CT molecular complexity index is 495. The second-order valence-electron chi connectivity index (χ2n) is 5.83. The Morgan fingerprint density at radius 2 is 2.05 bits per heavy atom. The van der Waals surface area contributed by atoms with Crippen LogP contribution in [0.3, 0.4) is 0 Å². The van der Waals surface area contributed by atoms with Gasteiger partial charge in [-0.15, -0.1) is 0 Å². The lowest BCUT2D eigenvalue weighted by atomic mass is 10.2. The molecule has 1 aliphatic rings. The number of nitrogens with zero attached hydrogens (tertiary/aromatic N) is 3. The number of carbonyl (C=O) groups excluding carboxylic acids is 1. The topological polar surface area (TPSA) is 64.1 Å². The van der Waals surface area contributed by atoms with Crippen molar-refractivity contribution in [3.63, 3.8) is 0 Å². The number of hydrogen-bond donors (Lipinski definition) is 1. The van der Waals surface area contributed by atoms with E-state index in [2.05, 4.69) is 15.3 Å². The molecule has 1 aromatic rings. The van der Waals surface area contributed by atoms with Crippen LogP contribution in [-0.2, 0) is 4.74 Å². The molecule has 1 N–H and O–H groups in total. The number of nitrogens with one attached hydrogen (secondary N) is 1. The molecule has 1 aliphatic heterocycles. The summed E-state index contributed by atoms with van der Waals surface area (Å²) >= 11 is 5.86. The van der Waals surface area contributed by atoms with Crippen molar-refractivity contribution in [1.29, 1.82) is 0 Å². The molecule has 6 nitrogen and oxygen atoms in total. The van der Waals surface area contributed by atoms with Gasteiger partial charge in [0.25, 0.3) is 0 Å². The van der Waals surface area contributed by atoms with Gasteiger partial charge in [0.2, 0.25) is 11.1 Å². The minimum atomic E-state index is -0.538. The largest absolute Gasteiger partial charge is 0.523 e. The Balaban J connectivity index is 2.37. The standard InChI is InChI=1S/C13H20ClN4O2/c1-13(2,3)20-12(19)18(8-6-15-7-9-18)10-4-5-16-11(14)17-10/h4-5,15H,6-9H2,1-3H3/q+1. The molecule has 1 saturated heterocycles. The van der Waals surface area contributed by atoms with Gasteiger partial charge in [0.15, 0.2) is 0 Å². The predicted molar refractivity (Wildman–Crippen MR) is 77.7 cm³/mol. The molecule has 0 aromatic carbocycles. The van der Waals surface area contributed by atoms with E-state index in [0.29, 0.717) is 18.9 Å². The molecule has 0 spiro atoms. The number of halogens is 1. The molecule has 20 heavy (non-hydrogen) atoms. The van der Waals surface area contributed by atoms with Crippen molar-refractivity contribution in [2.24, 2.45) is 0 Å². The van der Waals surface area contributed by atoms with Gasteiger partial charge in [-0.3, -0.25) is 0 Å². The fourth-order valence-corrected chi connectivity index (χ4v) is 2.34. The Labute approximate surface area is 123 Å². The van der Waals surface area contributed by atoms with E-state index in [0.717, 1.165) is 13.1 Å². The quantitative estimate of drug-likeness (QED) is 0.634. The highest BCUT2D eigenvalue weighted by atomic mass is 35.5. The third-order valence-corrected chi connectivity index (χ3v) is 3.32. The number of rotatable bonds is 1. The zero-order valence-corrected chi connectivity index (χ0v) is 12.8. The summed E-state index contributed by atoms with van der Waals surface area (Å²) in [5.41, 5.74) is -0.538. The summed E-state index contributed by atoms with van der Waals surface area (Å²) in [5.74, 6) is 0.584. The van der Waals surface area contributed by atoms with E-state index in [1.165, 1.54) is 0 Å². The van der Waals surface area contributed by atoms with E-state index < -0.39 is 5.60 Å². The number of carbonyl (C=O) groups is 1. The molecule has 0 aliphatic carbocycles. The lowest BCUT2D eigenvalue weighted by molar-refractivity contribution is 0.0234. The first kappa shape index (κ1) is 15.2. The average Bonchev–Trinajstić information content (AvgIpc) is 2.37. The monoisotopic (exact) mass is 299 g/mol. The molecule has 0 unspecified atom stereocenters. The normalized spacial score (nSPS) is 18.6. The van der Waals surface area contributed by atoms with Gasteiger partial charge in [0.1, 0.15) is 18.7 Å². The van der Waals surface area contributed by atoms with Gasteiger partial charge in [-0.2, -0.15) is 14.3 Å². The molecule has 0 bridgehead atoms. The number of hydrogen-bond acceptors (Lipinski definition) is 5. The van der Waals surface area contributed by atoms with Crippen LogP contribution in [0.15, 0.2) is 12.3 Å². The van der Waals surface area contributed by atoms with Crippen molar-refractivity contribution < 1.29 is 9.53 Å². The second kappa shape index (κ2) is 5.63. The van der Waals surface area contributed by atoms with Crippen LogP contribution < -0.4 is 9.80 Å². The van der Waals surface area contributed by atoms with Crippen molar-refractivity contribution in [2.75, 3.05) is 26.2 Å². The SMILES string of the molecule is CC(C)(C)OC(=O)[N+]1(c2ccnc(Cl)n2)CCNCC1. The molecule has 0 atom stereocenters. The van der Waals surface area contributed by atoms with Crippen LogP contribution >= 0.6 is 11.6 Å². The molecule has 1 fully saturated rings. The van der Waals surface area contributed by atoms with E-state index in [4.69, 9.17) is 16.3 Å². The third-order valence-electron chi connectivity index (χ3n) is 3.13. The Kier molecular flexibility index (Phi) is 4.27. The summed E-state index contributed by atoms with van der Waals surface area (Å²) in [6.45, 7) is 8.19. The van der Waals surface area contributed by atoms with Crippen LogP contribution in [-0.4, -0.2) is 47.8 Å². The maximum absolute atomic E-state index is 12.7. The molecule has 2 rings (SSSR count). The molecule has 0 radical (unpaired) electrons. The minimum Gasteiger partial charge on any atom is -0.414 e. The van der Waals surface area contributed by atoms with Gasteiger partial charge in [0.05, 0.1) is 0 Å². The maximum Gasteiger partial charge on any atom is 0.523 e. The maximum atomic E-state index is 12.7. The van der Waals surface area contributed by atoms with E-state index in [9.17, 15) is 4.79 Å². The number of quaternary nitrogens is 1. The minimum absolute atomic E-state index is 0.0481. The zero-order chi connectivity index (χ0) is 14.8. The van der Waals surface area contributed by atoms with E-state index in [1.807, 2.05) is 20.8 Å². The summed E-state index contributed by atoms with van der Waals surface area (Å²) < 4.78 is 5.62. The smallest absolute Gasteiger partial charge is 0.414 e. The van der Waals surface area contributed by atoms with E-state index >= 15 is 0 Å². The summed E-state index contributed by atoms with van der Waals surface area (Å²) in [6, 6.07) is 1.72. The molecule has 7 heteroatoms. The van der Waals surface area contributed by atoms with Crippen molar-refractivity contribution in [3.8, 4) is 0 Å².